The molecule has 2 aromatic rings. The van der Waals surface area contributed by atoms with Gasteiger partial charge in [-0.1, -0.05) is 12.1 Å². The highest BCUT2D eigenvalue weighted by atomic mass is 19.1. The molecule has 4 rings (SSSR count). The summed E-state index contributed by atoms with van der Waals surface area (Å²) in [5.74, 6) is 0.0293. The topological polar surface area (TPSA) is 73.9 Å². The Bertz CT molecular complexity index is 973. The largest absolute Gasteiger partial charge is 0.492 e. The number of urea groups is 1. The maximum absolute atomic E-state index is 13.8. The van der Waals surface area contributed by atoms with E-state index >= 15 is 0 Å². The van der Waals surface area contributed by atoms with Crippen molar-refractivity contribution < 1.29 is 18.7 Å². The van der Waals surface area contributed by atoms with Gasteiger partial charge < -0.3 is 25.2 Å². The zero-order chi connectivity index (χ0) is 21.3. The van der Waals surface area contributed by atoms with Gasteiger partial charge in [-0.15, -0.1) is 0 Å². The van der Waals surface area contributed by atoms with Gasteiger partial charge in [-0.05, 0) is 37.3 Å². The molecule has 0 unspecified atom stereocenters. The number of amides is 3. The van der Waals surface area contributed by atoms with E-state index in [1.165, 1.54) is 18.2 Å². The molecule has 0 aliphatic carbocycles. The summed E-state index contributed by atoms with van der Waals surface area (Å²) in [6, 6.07) is 11.3. The van der Waals surface area contributed by atoms with Crippen molar-refractivity contribution in [1.82, 2.24) is 10.2 Å². The van der Waals surface area contributed by atoms with Crippen LogP contribution in [0.5, 0.6) is 5.75 Å². The van der Waals surface area contributed by atoms with Crippen molar-refractivity contribution in [3.8, 4) is 5.75 Å². The molecule has 1 fully saturated rings. The molecule has 30 heavy (non-hydrogen) atoms. The maximum atomic E-state index is 13.8. The normalized spacial score (nSPS) is 17.4. The van der Waals surface area contributed by atoms with Crippen LogP contribution in [-0.2, 0) is 0 Å². The molecule has 0 saturated carbocycles. The molecule has 2 aliphatic rings. The molecule has 2 N–H and O–H groups in total. The van der Waals surface area contributed by atoms with Crippen LogP contribution < -0.4 is 20.3 Å². The fourth-order valence-corrected chi connectivity index (χ4v) is 4.15. The number of nitrogens with zero attached hydrogens (tertiary/aromatic N) is 2. The van der Waals surface area contributed by atoms with Crippen LogP contribution in [0.1, 0.15) is 30.1 Å². The van der Waals surface area contributed by atoms with Crippen molar-refractivity contribution in [2.75, 3.05) is 37.0 Å². The third kappa shape index (κ3) is 3.53. The second-order valence-corrected chi connectivity index (χ2v) is 7.55. The summed E-state index contributed by atoms with van der Waals surface area (Å²) in [4.78, 5) is 29.0. The number of nitrogens with one attached hydrogen (secondary N) is 2. The van der Waals surface area contributed by atoms with Gasteiger partial charge in [0.15, 0.2) is 0 Å². The highest BCUT2D eigenvalue weighted by molar-refractivity contribution is 6.02. The molecular formula is C22H25FN4O3. The third-order valence-corrected chi connectivity index (χ3v) is 5.86. The van der Waals surface area contributed by atoms with E-state index in [0.29, 0.717) is 55.2 Å². The molecule has 3 amide bonds. The summed E-state index contributed by atoms with van der Waals surface area (Å²) >= 11 is 0. The SMILES string of the molecule is CCOc1ccccc1NC(=O)N1CCC2(CC1)NC(=O)c1ccc(F)cc1N2C. The van der Waals surface area contributed by atoms with E-state index in [9.17, 15) is 14.0 Å². The molecule has 7 nitrogen and oxygen atoms in total. The fourth-order valence-electron chi connectivity index (χ4n) is 4.15. The predicted molar refractivity (Wildman–Crippen MR) is 112 cm³/mol. The van der Waals surface area contributed by atoms with E-state index in [-0.39, 0.29) is 17.8 Å². The summed E-state index contributed by atoms with van der Waals surface area (Å²) in [5, 5.41) is 5.99. The minimum Gasteiger partial charge on any atom is -0.492 e. The summed E-state index contributed by atoms with van der Waals surface area (Å²) < 4.78 is 19.3. The lowest BCUT2D eigenvalue weighted by Crippen LogP contribution is -2.67. The molecule has 0 radical (unpaired) electrons. The molecule has 1 saturated heterocycles. The van der Waals surface area contributed by atoms with Crippen LogP contribution in [-0.4, -0.2) is 49.2 Å². The van der Waals surface area contributed by atoms with Gasteiger partial charge in [0.1, 0.15) is 17.2 Å². The van der Waals surface area contributed by atoms with E-state index in [1.54, 1.807) is 11.0 Å². The average molecular weight is 412 g/mol. The number of carbonyl (C=O) groups excluding carboxylic acids is 2. The van der Waals surface area contributed by atoms with Crippen molar-refractivity contribution in [1.29, 1.82) is 0 Å². The Labute approximate surface area is 174 Å². The van der Waals surface area contributed by atoms with E-state index < -0.39 is 5.66 Å². The third-order valence-electron chi connectivity index (χ3n) is 5.86. The Kier molecular flexibility index (Phi) is 5.24. The fraction of sp³-hybridized carbons (Fsp3) is 0.364. The van der Waals surface area contributed by atoms with E-state index in [1.807, 2.05) is 37.1 Å². The number of anilines is 2. The molecule has 0 atom stereocenters. The molecule has 0 aromatic heterocycles. The Morgan fingerprint density at radius 1 is 1.23 bits per heavy atom. The second kappa shape index (κ2) is 7.85. The van der Waals surface area contributed by atoms with Crippen LogP contribution in [0.4, 0.5) is 20.6 Å². The minimum absolute atomic E-state index is 0.215. The van der Waals surface area contributed by atoms with Gasteiger partial charge in [-0.2, -0.15) is 0 Å². The van der Waals surface area contributed by atoms with Crippen molar-refractivity contribution in [2.45, 2.75) is 25.4 Å². The Morgan fingerprint density at radius 2 is 1.97 bits per heavy atom. The van der Waals surface area contributed by atoms with Gasteiger partial charge in [-0.25, -0.2) is 9.18 Å². The van der Waals surface area contributed by atoms with Gasteiger partial charge in [0, 0.05) is 33.0 Å². The molecular weight excluding hydrogens is 387 g/mol. The van der Waals surface area contributed by atoms with Gasteiger partial charge in [-0.3, -0.25) is 4.79 Å². The standard InChI is InChI=1S/C22H25FN4O3/c1-3-30-19-7-5-4-6-17(19)24-21(29)27-12-10-22(11-13-27)25-20(28)16-9-8-15(23)14-18(16)26(22)2/h4-9,14H,3,10-13H2,1-2H3,(H,24,29)(H,25,28). The van der Waals surface area contributed by atoms with Crippen LogP contribution in [0, 0.1) is 5.82 Å². The number of hydrogen-bond donors (Lipinski definition) is 2. The number of likely N-dealkylation sites (tertiary alicyclic amines) is 1. The summed E-state index contributed by atoms with van der Waals surface area (Å²) in [6.07, 6.45) is 1.07. The second-order valence-electron chi connectivity index (χ2n) is 7.55. The monoisotopic (exact) mass is 412 g/mol. The van der Waals surface area contributed by atoms with Crippen molar-refractivity contribution >= 4 is 23.3 Å². The number of ether oxygens (including phenoxy) is 1. The zero-order valence-electron chi connectivity index (χ0n) is 17.1. The Balaban J connectivity index is 1.46. The molecule has 2 aromatic carbocycles. The molecule has 158 valence electrons. The van der Waals surface area contributed by atoms with Crippen LogP contribution >= 0.6 is 0 Å². The first kappa shape index (κ1) is 20.0. The molecule has 1 spiro atoms. The average Bonchev–Trinajstić information content (AvgIpc) is 2.74. The Hall–Kier alpha value is -3.29. The zero-order valence-corrected chi connectivity index (χ0v) is 17.1. The number of fused-ring (bicyclic) bond motifs is 1. The lowest BCUT2D eigenvalue weighted by Gasteiger charge is -2.51. The number of rotatable bonds is 3. The van der Waals surface area contributed by atoms with Crippen LogP contribution in [0.3, 0.4) is 0 Å². The number of benzene rings is 2. The lowest BCUT2D eigenvalue weighted by atomic mass is 9.90. The van der Waals surface area contributed by atoms with Crippen LogP contribution in [0.25, 0.3) is 0 Å². The van der Waals surface area contributed by atoms with Gasteiger partial charge in [0.2, 0.25) is 0 Å². The van der Waals surface area contributed by atoms with E-state index in [4.69, 9.17) is 4.74 Å². The highest BCUT2D eigenvalue weighted by Gasteiger charge is 2.45. The highest BCUT2D eigenvalue weighted by Crippen LogP contribution is 2.36. The number of halogens is 1. The minimum atomic E-state index is -0.641. The molecule has 0 bridgehead atoms. The van der Waals surface area contributed by atoms with Gasteiger partial charge >= 0.3 is 6.03 Å². The van der Waals surface area contributed by atoms with Crippen molar-refractivity contribution in [2.24, 2.45) is 0 Å². The van der Waals surface area contributed by atoms with Crippen LogP contribution in [0.15, 0.2) is 42.5 Å². The van der Waals surface area contributed by atoms with E-state index in [0.717, 1.165) is 0 Å². The summed E-state index contributed by atoms with van der Waals surface area (Å²) in [7, 11) is 1.85. The number of piperidine rings is 1. The van der Waals surface area contributed by atoms with E-state index in [2.05, 4.69) is 10.6 Å². The number of hydrogen-bond acceptors (Lipinski definition) is 4. The predicted octanol–water partition coefficient (Wildman–Crippen LogP) is 3.43. The van der Waals surface area contributed by atoms with Crippen LogP contribution in [0.2, 0.25) is 0 Å². The Morgan fingerprint density at radius 3 is 2.70 bits per heavy atom. The summed E-state index contributed by atoms with van der Waals surface area (Å²) in [5.41, 5.74) is 1.01. The summed E-state index contributed by atoms with van der Waals surface area (Å²) in [6.45, 7) is 3.31. The number of carbonyl (C=O) groups is 2. The van der Waals surface area contributed by atoms with Crippen molar-refractivity contribution in [3.63, 3.8) is 0 Å². The lowest BCUT2D eigenvalue weighted by molar-refractivity contribution is 0.0815. The van der Waals surface area contributed by atoms with Crippen molar-refractivity contribution in [3.05, 3.63) is 53.8 Å². The molecule has 8 heteroatoms. The quantitative estimate of drug-likeness (QED) is 0.810. The smallest absolute Gasteiger partial charge is 0.321 e. The molecule has 2 aliphatic heterocycles. The van der Waals surface area contributed by atoms with Gasteiger partial charge in [0.25, 0.3) is 5.91 Å². The number of para-hydroxylation sites is 2. The first-order valence-electron chi connectivity index (χ1n) is 10.1. The maximum Gasteiger partial charge on any atom is 0.321 e. The first-order chi connectivity index (χ1) is 14.4. The first-order valence-corrected chi connectivity index (χ1v) is 10.1. The van der Waals surface area contributed by atoms with Gasteiger partial charge in [0.05, 0.1) is 23.5 Å². The molecule has 2 heterocycles.